The Bertz CT molecular complexity index is 936. The SMILES string of the molecule is CSc1cccc(NC(=O)CSc2ncc(-c3ccccc3)n2C2CC2)c1. The molecule has 0 bridgehead atoms. The van der Waals surface area contributed by atoms with E-state index in [-0.39, 0.29) is 5.91 Å². The van der Waals surface area contributed by atoms with Gasteiger partial charge < -0.3 is 9.88 Å². The van der Waals surface area contributed by atoms with Crippen molar-refractivity contribution in [2.75, 3.05) is 17.3 Å². The lowest BCUT2D eigenvalue weighted by Crippen LogP contribution is -2.14. The molecule has 0 saturated heterocycles. The molecule has 1 saturated carbocycles. The standard InChI is InChI=1S/C21H21N3OS2/c1-26-18-9-5-8-16(12-18)23-20(25)14-27-21-22-13-19(24(21)17-10-11-17)15-6-3-2-4-7-15/h2-9,12-13,17H,10-11,14H2,1H3,(H,23,25). The number of imidazole rings is 1. The Labute approximate surface area is 167 Å². The number of thioether (sulfide) groups is 2. The molecule has 0 atom stereocenters. The Morgan fingerprint density at radius 3 is 2.74 bits per heavy atom. The van der Waals surface area contributed by atoms with E-state index in [2.05, 4.69) is 27.0 Å². The first kappa shape index (κ1) is 18.2. The normalized spacial score (nSPS) is 13.5. The predicted molar refractivity (Wildman–Crippen MR) is 114 cm³/mol. The average molecular weight is 396 g/mol. The Balaban J connectivity index is 1.45. The molecule has 3 aromatic rings. The van der Waals surface area contributed by atoms with Crippen LogP contribution in [0.1, 0.15) is 18.9 Å². The lowest BCUT2D eigenvalue weighted by molar-refractivity contribution is -0.113. The largest absolute Gasteiger partial charge is 0.325 e. The van der Waals surface area contributed by atoms with E-state index in [0.29, 0.717) is 11.8 Å². The van der Waals surface area contributed by atoms with E-state index in [1.165, 1.54) is 30.2 Å². The van der Waals surface area contributed by atoms with Gasteiger partial charge in [0.25, 0.3) is 0 Å². The van der Waals surface area contributed by atoms with Crippen LogP contribution < -0.4 is 5.32 Å². The van der Waals surface area contributed by atoms with Crippen LogP contribution in [0.5, 0.6) is 0 Å². The van der Waals surface area contributed by atoms with E-state index in [0.717, 1.165) is 21.4 Å². The van der Waals surface area contributed by atoms with Crippen LogP contribution in [-0.4, -0.2) is 27.5 Å². The van der Waals surface area contributed by atoms with Crippen molar-refractivity contribution in [2.45, 2.75) is 28.9 Å². The van der Waals surface area contributed by atoms with Crippen LogP contribution in [0.15, 0.2) is 70.8 Å². The highest BCUT2D eigenvalue weighted by molar-refractivity contribution is 7.99. The molecule has 0 unspecified atom stereocenters. The molecule has 1 amide bonds. The van der Waals surface area contributed by atoms with Gasteiger partial charge in [0, 0.05) is 16.6 Å². The third-order valence-electron chi connectivity index (χ3n) is 4.43. The van der Waals surface area contributed by atoms with E-state index in [1.807, 2.05) is 54.9 Å². The zero-order valence-corrected chi connectivity index (χ0v) is 16.7. The number of amides is 1. The Morgan fingerprint density at radius 1 is 1.19 bits per heavy atom. The maximum Gasteiger partial charge on any atom is 0.234 e. The molecule has 1 aliphatic rings. The second kappa shape index (κ2) is 8.23. The van der Waals surface area contributed by atoms with Crippen molar-refractivity contribution in [2.24, 2.45) is 0 Å². The Morgan fingerprint density at radius 2 is 2.00 bits per heavy atom. The van der Waals surface area contributed by atoms with Crippen LogP contribution in [0.3, 0.4) is 0 Å². The summed E-state index contributed by atoms with van der Waals surface area (Å²) in [4.78, 5) is 18.1. The van der Waals surface area contributed by atoms with Crippen LogP contribution >= 0.6 is 23.5 Å². The van der Waals surface area contributed by atoms with Gasteiger partial charge in [0.15, 0.2) is 5.16 Å². The van der Waals surface area contributed by atoms with Crippen molar-refractivity contribution in [1.29, 1.82) is 0 Å². The molecule has 1 aliphatic carbocycles. The summed E-state index contributed by atoms with van der Waals surface area (Å²) in [6.45, 7) is 0. The van der Waals surface area contributed by atoms with Crippen LogP contribution in [0.2, 0.25) is 0 Å². The van der Waals surface area contributed by atoms with Gasteiger partial charge in [-0.25, -0.2) is 4.98 Å². The van der Waals surface area contributed by atoms with E-state index in [1.54, 1.807) is 11.8 Å². The molecule has 1 fully saturated rings. The summed E-state index contributed by atoms with van der Waals surface area (Å²) in [5.41, 5.74) is 3.14. The topological polar surface area (TPSA) is 46.9 Å². The molecule has 0 aliphatic heterocycles. The lowest BCUT2D eigenvalue weighted by Gasteiger charge is -2.11. The second-order valence-electron chi connectivity index (χ2n) is 6.46. The maximum atomic E-state index is 12.4. The second-order valence-corrected chi connectivity index (χ2v) is 8.28. The number of nitrogens with zero attached hydrogens (tertiary/aromatic N) is 2. The summed E-state index contributed by atoms with van der Waals surface area (Å²) in [5.74, 6) is 0.339. The van der Waals surface area contributed by atoms with E-state index in [9.17, 15) is 4.79 Å². The number of hydrogen-bond acceptors (Lipinski definition) is 4. The first-order chi connectivity index (χ1) is 13.2. The van der Waals surface area contributed by atoms with Gasteiger partial charge in [0.05, 0.1) is 17.6 Å². The number of nitrogens with one attached hydrogen (secondary N) is 1. The molecule has 1 N–H and O–H groups in total. The van der Waals surface area contributed by atoms with Crippen LogP contribution in [0.25, 0.3) is 11.3 Å². The summed E-state index contributed by atoms with van der Waals surface area (Å²) in [6, 6.07) is 18.7. The van der Waals surface area contributed by atoms with Crippen molar-refractivity contribution >= 4 is 35.1 Å². The molecule has 2 aromatic carbocycles. The molecule has 1 aromatic heterocycles. The number of hydrogen-bond donors (Lipinski definition) is 1. The van der Waals surface area contributed by atoms with Crippen molar-refractivity contribution in [3.8, 4) is 11.3 Å². The maximum absolute atomic E-state index is 12.4. The monoisotopic (exact) mass is 395 g/mol. The number of rotatable bonds is 7. The molecule has 6 heteroatoms. The fourth-order valence-electron chi connectivity index (χ4n) is 2.99. The van der Waals surface area contributed by atoms with Crippen molar-refractivity contribution in [3.05, 3.63) is 60.8 Å². The van der Waals surface area contributed by atoms with E-state index < -0.39 is 0 Å². The average Bonchev–Trinajstić information content (AvgIpc) is 3.46. The first-order valence-corrected chi connectivity index (χ1v) is 11.1. The molecule has 1 heterocycles. The minimum Gasteiger partial charge on any atom is -0.325 e. The van der Waals surface area contributed by atoms with E-state index >= 15 is 0 Å². The first-order valence-electron chi connectivity index (χ1n) is 8.94. The number of anilines is 1. The zero-order chi connectivity index (χ0) is 18.6. The van der Waals surface area contributed by atoms with Crippen LogP contribution in [0, 0.1) is 0 Å². The number of carbonyl (C=O) groups excluding carboxylic acids is 1. The summed E-state index contributed by atoms with van der Waals surface area (Å²) in [6.07, 6.45) is 6.31. The van der Waals surface area contributed by atoms with Crippen molar-refractivity contribution in [1.82, 2.24) is 9.55 Å². The molecule has 0 radical (unpaired) electrons. The molecule has 27 heavy (non-hydrogen) atoms. The van der Waals surface area contributed by atoms with E-state index in [4.69, 9.17) is 0 Å². The summed E-state index contributed by atoms with van der Waals surface area (Å²) >= 11 is 3.17. The van der Waals surface area contributed by atoms with Gasteiger partial charge in [0.1, 0.15) is 0 Å². The zero-order valence-electron chi connectivity index (χ0n) is 15.1. The number of carbonyl (C=O) groups is 1. The van der Waals surface area contributed by atoms with Gasteiger partial charge in [-0.1, -0.05) is 48.2 Å². The Kier molecular flexibility index (Phi) is 5.55. The smallest absolute Gasteiger partial charge is 0.234 e. The molecule has 138 valence electrons. The van der Waals surface area contributed by atoms with Gasteiger partial charge in [-0.3, -0.25) is 4.79 Å². The fraction of sp³-hybridized carbons (Fsp3) is 0.238. The van der Waals surface area contributed by atoms with Gasteiger partial charge >= 0.3 is 0 Å². The number of benzene rings is 2. The van der Waals surface area contributed by atoms with Gasteiger partial charge in [-0.15, -0.1) is 11.8 Å². The van der Waals surface area contributed by atoms with Gasteiger partial charge in [-0.05, 0) is 42.9 Å². The third-order valence-corrected chi connectivity index (χ3v) is 6.12. The van der Waals surface area contributed by atoms with Crippen LogP contribution in [-0.2, 0) is 4.79 Å². The Hall–Kier alpha value is -2.18. The lowest BCUT2D eigenvalue weighted by atomic mass is 10.2. The highest BCUT2D eigenvalue weighted by Gasteiger charge is 2.29. The molecular formula is C21H21N3OS2. The fourth-order valence-corrected chi connectivity index (χ4v) is 4.29. The molecule has 4 nitrogen and oxygen atoms in total. The predicted octanol–water partition coefficient (Wildman–Crippen LogP) is 5.34. The van der Waals surface area contributed by atoms with Crippen molar-refractivity contribution in [3.63, 3.8) is 0 Å². The van der Waals surface area contributed by atoms with Crippen molar-refractivity contribution < 1.29 is 4.79 Å². The van der Waals surface area contributed by atoms with Gasteiger partial charge in [-0.2, -0.15) is 0 Å². The molecule has 4 rings (SSSR count). The minimum atomic E-state index is -0.00939. The summed E-state index contributed by atoms with van der Waals surface area (Å²) < 4.78 is 2.29. The molecular weight excluding hydrogens is 374 g/mol. The number of aromatic nitrogens is 2. The minimum absolute atomic E-state index is 0.00939. The highest BCUT2D eigenvalue weighted by atomic mass is 32.2. The highest BCUT2D eigenvalue weighted by Crippen LogP contribution is 2.41. The van der Waals surface area contributed by atoms with Crippen LogP contribution in [0.4, 0.5) is 5.69 Å². The summed E-state index contributed by atoms with van der Waals surface area (Å²) in [7, 11) is 0. The molecule has 0 spiro atoms. The van der Waals surface area contributed by atoms with Gasteiger partial charge in [0.2, 0.25) is 5.91 Å². The third kappa shape index (κ3) is 4.39. The summed E-state index contributed by atoms with van der Waals surface area (Å²) in [5, 5.41) is 3.90. The quantitative estimate of drug-likeness (QED) is 0.549.